The molecule has 0 saturated heterocycles. The second kappa shape index (κ2) is 4.88. The van der Waals surface area contributed by atoms with Crippen LogP contribution in [0.5, 0.6) is 0 Å². The van der Waals surface area contributed by atoms with E-state index in [1.54, 1.807) is 6.07 Å². The van der Waals surface area contributed by atoms with Crippen molar-refractivity contribution in [2.75, 3.05) is 0 Å². The zero-order chi connectivity index (χ0) is 12.4. The van der Waals surface area contributed by atoms with Gasteiger partial charge in [-0.05, 0) is 36.6 Å². The SMILES string of the molecule is CC(C)C(N)CCc1cc2cc(F)ccc2o1. The summed E-state index contributed by atoms with van der Waals surface area (Å²) in [4.78, 5) is 0. The number of fused-ring (bicyclic) bond motifs is 1. The predicted octanol–water partition coefficient (Wildman–Crippen LogP) is 3.49. The van der Waals surface area contributed by atoms with Crippen LogP contribution >= 0.6 is 0 Å². The molecule has 2 aromatic rings. The van der Waals surface area contributed by atoms with Gasteiger partial charge >= 0.3 is 0 Å². The Morgan fingerprint density at radius 2 is 2.06 bits per heavy atom. The van der Waals surface area contributed by atoms with Gasteiger partial charge in [-0.2, -0.15) is 0 Å². The van der Waals surface area contributed by atoms with E-state index in [4.69, 9.17) is 10.2 Å². The van der Waals surface area contributed by atoms with Gasteiger partial charge in [0.15, 0.2) is 0 Å². The minimum absolute atomic E-state index is 0.181. The molecule has 3 heteroatoms. The van der Waals surface area contributed by atoms with Crippen molar-refractivity contribution in [1.82, 2.24) is 0 Å². The van der Waals surface area contributed by atoms with Gasteiger partial charge in [0, 0.05) is 17.8 Å². The number of rotatable bonds is 4. The van der Waals surface area contributed by atoms with E-state index in [-0.39, 0.29) is 11.9 Å². The molecule has 0 radical (unpaired) electrons. The number of aryl methyl sites for hydroxylation is 1. The fraction of sp³-hybridized carbons (Fsp3) is 0.429. The summed E-state index contributed by atoms with van der Waals surface area (Å²) in [5.74, 6) is 1.11. The summed E-state index contributed by atoms with van der Waals surface area (Å²) in [5.41, 5.74) is 6.72. The quantitative estimate of drug-likeness (QED) is 0.881. The van der Waals surface area contributed by atoms with E-state index in [0.717, 1.165) is 29.6 Å². The van der Waals surface area contributed by atoms with Crippen molar-refractivity contribution in [2.45, 2.75) is 32.7 Å². The van der Waals surface area contributed by atoms with Gasteiger partial charge in [-0.25, -0.2) is 4.39 Å². The van der Waals surface area contributed by atoms with Crippen molar-refractivity contribution >= 4 is 11.0 Å². The van der Waals surface area contributed by atoms with Gasteiger partial charge in [-0.3, -0.25) is 0 Å². The van der Waals surface area contributed by atoms with E-state index in [1.165, 1.54) is 12.1 Å². The zero-order valence-corrected chi connectivity index (χ0v) is 10.2. The highest BCUT2D eigenvalue weighted by atomic mass is 19.1. The van der Waals surface area contributed by atoms with Crippen LogP contribution in [0.25, 0.3) is 11.0 Å². The average Bonchev–Trinajstić information content (AvgIpc) is 2.67. The Hall–Kier alpha value is -1.35. The van der Waals surface area contributed by atoms with Crippen LogP contribution < -0.4 is 5.73 Å². The monoisotopic (exact) mass is 235 g/mol. The Bertz CT molecular complexity index is 504. The van der Waals surface area contributed by atoms with Gasteiger partial charge in [-0.15, -0.1) is 0 Å². The molecule has 0 aliphatic carbocycles. The maximum absolute atomic E-state index is 13.0. The average molecular weight is 235 g/mol. The molecule has 0 amide bonds. The van der Waals surface area contributed by atoms with Crippen LogP contribution in [-0.2, 0) is 6.42 Å². The fourth-order valence-electron chi connectivity index (χ4n) is 1.83. The van der Waals surface area contributed by atoms with Crippen molar-refractivity contribution in [1.29, 1.82) is 0 Å². The molecule has 0 saturated carbocycles. The fourth-order valence-corrected chi connectivity index (χ4v) is 1.83. The molecule has 0 aliphatic rings. The largest absolute Gasteiger partial charge is 0.461 e. The van der Waals surface area contributed by atoms with E-state index in [0.29, 0.717) is 5.92 Å². The van der Waals surface area contributed by atoms with Crippen LogP contribution in [0.4, 0.5) is 4.39 Å². The summed E-state index contributed by atoms with van der Waals surface area (Å²) in [7, 11) is 0. The van der Waals surface area contributed by atoms with Gasteiger partial charge < -0.3 is 10.2 Å². The van der Waals surface area contributed by atoms with Crippen LogP contribution in [0.2, 0.25) is 0 Å². The zero-order valence-electron chi connectivity index (χ0n) is 10.2. The van der Waals surface area contributed by atoms with Crippen molar-refractivity contribution in [3.63, 3.8) is 0 Å². The first kappa shape index (κ1) is 12.1. The molecular weight excluding hydrogens is 217 g/mol. The highest BCUT2D eigenvalue weighted by Crippen LogP contribution is 2.21. The van der Waals surface area contributed by atoms with E-state index >= 15 is 0 Å². The summed E-state index contributed by atoms with van der Waals surface area (Å²) in [6, 6.07) is 6.64. The minimum atomic E-state index is -0.233. The molecule has 2 N–H and O–H groups in total. The first-order valence-electron chi connectivity index (χ1n) is 6.00. The van der Waals surface area contributed by atoms with Crippen LogP contribution in [0.3, 0.4) is 0 Å². The Labute approximate surface area is 101 Å². The van der Waals surface area contributed by atoms with Gasteiger partial charge in [0.2, 0.25) is 0 Å². The molecule has 0 bridgehead atoms. The first-order valence-corrected chi connectivity index (χ1v) is 6.00. The second-order valence-corrected chi connectivity index (χ2v) is 4.84. The van der Waals surface area contributed by atoms with E-state index in [1.807, 2.05) is 6.07 Å². The lowest BCUT2D eigenvalue weighted by Gasteiger charge is -2.13. The van der Waals surface area contributed by atoms with E-state index in [9.17, 15) is 4.39 Å². The maximum Gasteiger partial charge on any atom is 0.134 e. The third-order valence-corrected chi connectivity index (χ3v) is 3.11. The first-order chi connectivity index (χ1) is 8.06. The predicted molar refractivity (Wildman–Crippen MR) is 67.3 cm³/mol. The van der Waals surface area contributed by atoms with Crippen molar-refractivity contribution in [2.24, 2.45) is 11.7 Å². The molecule has 1 aromatic carbocycles. The second-order valence-electron chi connectivity index (χ2n) is 4.84. The lowest BCUT2D eigenvalue weighted by Crippen LogP contribution is -2.26. The van der Waals surface area contributed by atoms with Crippen molar-refractivity contribution in [3.8, 4) is 0 Å². The molecule has 92 valence electrons. The minimum Gasteiger partial charge on any atom is -0.461 e. The van der Waals surface area contributed by atoms with Crippen LogP contribution in [0.1, 0.15) is 26.0 Å². The Morgan fingerprint density at radius 3 is 2.76 bits per heavy atom. The third-order valence-electron chi connectivity index (χ3n) is 3.11. The van der Waals surface area contributed by atoms with E-state index in [2.05, 4.69) is 13.8 Å². The number of furan rings is 1. The van der Waals surface area contributed by atoms with Gasteiger partial charge in [0.1, 0.15) is 17.2 Å². The molecule has 17 heavy (non-hydrogen) atoms. The Balaban J connectivity index is 2.09. The third kappa shape index (κ3) is 2.86. The molecule has 1 heterocycles. The smallest absolute Gasteiger partial charge is 0.134 e. The highest BCUT2D eigenvalue weighted by Gasteiger charge is 2.10. The lowest BCUT2D eigenvalue weighted by molar-refractivity contribution is 0.441. The summed E-state index contributed by atoms with van der Waals surface area (Å²) in [5, 5.41) is 0.818. The number of hydrogen-bond acceptors (Lipinski definition) is 2. The lowest BCUT2D eigenvalue weighted by atomic mass is 10.00. The Morgan fingerprint density at radius 1 is 1.29 bits per heavy atom. The summed E-state index contributed by atoms with van der Waals surface area (Å²) < 4.78 is 18.6. The van der Waals surface area contributed by atoms with Crippen molar-refractivity contribution in [3.05, 3.63) is 35.8 Å². The van der Waals surface area contributed by atoms with Gasteiger partial charge in [0.05, 0.1) is 0 Å². The number of hydrogen-bond donors (Lipinski definition) is 1. The van der Waals surface area contributed by atoms with Crippen LogP contribution in [0.15, 0.2) is 28.7 Å². The number of nitrogens with two attached hydrogens (primary N) is 1. The summed E-state index contributed by atoms with van der Waals surface area (Å²) in [6.07, 6.45) is 1.69. The van der Waals surface area contributed by atoms with Gasteiger partial charge in [0.25, 0.3) is 0 Å². The number of benzene rings is 1. The molecule has 0 spiro atoms. The topological polar surface area (TPSA) is 39.2 Å². The Kier molecular flexibility index (Phi) is 3.48. The molecular formula is C14H18FNO. The number of halogens is 1. The normalized spacial score (nSPS) is 13.5. The van der Waals surface area contributed by atoms with Crippen LogP contribution in [-0.4, -0.2) is 6.04 Å². The molecule has 2 nitrogen and oxygen atoms in total. The standard InChI is InChI=1S/C14H18FNO/c1-9(2)13(16)5-4-12-8-10-7-11(15)3-6-14(10)17-12/h3,6-9,13H,4-5,16H2,1-2H3. The summed E-state index contributed by atoms with van der Waals surface area (Å²) >= 11 is 0. The maximum atomic E-state index is 13.0. The molecule has 0 fully saturated rings. The highest BCUT2D eigenvalue weighted by molar-refractivity contribution is 5.77. The van der Waals surface area contributed by atoms with Crippen LogP contribution in [0, 0.1) is 11.7 Å². The van der Waals surface area contributed by atoms with E-state index < -0.39 is 0 Å². The molecule has 0 aliphatic heterocycles. The summed E-state index contributed by atoms with van der Waals surface area (Å²) in [6.45, 7) is 4.22. The molecule has 2 rings (SSSR count). The molecule has 1 atom stereocenters. The van der Waals surface area contributed by atoms with Crippen molar-refractivity contribution < 1.29 is 8.81 Å². The van der Waals surface area contributed by atoms with Gasteiger partial charge in [-0.1, -0.05) is 13.8 Å². The molecule has 1 aromatic heterocycles. The molecule has 1 unspecified atom stereocenters.